The topological polar surface area (TPSA) is 72.9 Å². The molecule has 0 bridgehead atoms. The van der Waals surface area contributed by atoms with E-state index in [1.807, 2.05) is 23.1 Å². The van der Waals surface area contributed by atoms with Gasteiger partial charge in [-0.05, 0) is 56.4 Å². The molecule has 1 saturated heterocycles. The molecule has 1 aliphatic rings. The molecule has 1 heterocycles. The van der Waals surface area contributed by atoms with Gasteiger partial charge in [0.15, 0.2) is 5.78 Å². The highest BCUT2D eigenvalue weighted by Gasteiger charge is 2.25. The molecule has 2 rings (SSSR count). The summed E-state index contributed by atoms with van der Waals surface area (Å²) in [5.74, 6) is -0.260. The van der Waals surface area contributed by atoms with Crippen molar-refractivity contribution in [2.24, 2.45) is 0 Å². The summed E-state index contributed by atoms with van der Waals surface area (Å²) >= 11 is 5.97. The second-order valence-electron chi connectivity index (χ2n) is 7.24. The third-order valence-electron chi connectivity index (χ3n) is 4.85. The van der Waals surface area contributed by atoms with Crippen LogP contribution < -0.4 is 0 Å². The van der Waals surface area contributed by atoms with Crippen molar-refractivity contribution in [2.75, 3.05) is 26.4 Å². The predicted octanol–water partition coefficient (Wildman–Crippen LogP) is 3.75. The van der Waals surface area contributed by atoms with Crippen molar-refractivity contribution < 1.29 is 23.9 Å². The molecule has 0 radical (unpaired) electrons. The van der Waals surface area contributed by atoms with Gasteiger partial charge in [0.1, 0.15) is 6.61 Å². The van der Waals surface area contributed by atoms with Crippen LogP contribution >= 0.6 is 11.6 Å². The van der Waals surface area contributed by atoms with Crippen LogP contribution in [0.1, 0.15) is 44.6 Å². The molecule has 30 heavy (non-hydrogen) atoms. The Labute approximate surface area is 183 Å². The summed E-state index contributed by atoms with van der Waals surface area (Å²) in [5.41, 5.74) is 0.872. The van der Waals surface area contributed by atoms with Crippen LogP contribution in [0.15, 0.2) is 36.4 Å². The number of unbranched alkanes of at least 4 members (excludes halogenated alkanes) is 1. The second kappa shape index (κ2) is 13.2. The van der Waals surface area contributed by atoms with Crippen molar-refractivity contribution in [3.8, 4) is 0 Å². The number of hydrogen-bond donors (Lipinski definition) is 0. The summed E-state index contributed by atoms with van der Waals surface area (Å²) < 4.78 is 10.1. The highest BCUT2D eigenvalue weighted by atomic mass is 35.5. The third-order valence-corrected chi connectivity index (χ3v) is 5.08. The number of esters is 1. The quantitative estimate of drug-likeness (QED) is 0.284. The van der Waals surface area contributed by atoms with E-state index >= 15 is 0 Å². The van der Waals surface area contributed by atoms with E-state index in [0.717, 1.165) is 31.2 Å². The number of carbonyl (C=O) groups excluding carboxylic acids is 3. The molecule has 0 saturated carbocycles. The van der Waals surface area contributed by atoms with Gasteiger partial charge in [-0.15, -0.1) is 0 Å². The number of amides is 1. The Bertz CT molecular complexity index is 749. The highest BCUT2D eigenvalue weighted by Crippen LogP contribution is 2.20. The lowest BCUT2D eigenvalue weighted by molar-refractivity contribution is -0.148. The molecule has 1 atom stereocenters. The summed E-state index contributed by atoms with van der Waals surface area (Å²) in [6.45, 7) is 3.11. The van der Waals surface area contributed by atoms with Crippen molar-refractivity contribution in [1.29, 1.82) is 0 Å². The molecular weight excluding hydrogens is 406 g/mol. The van der Waals surface area contributed by atoms with Gasteiger partial charge >= 0.3 is 5.97 Å². The number of allylic oxidation sites excluding steroid dienone is 1. The van der Waals surface area contributed by atoms with E-state index in [0.29, 0.717) is 31.2 Å². The number of likely N-dealkylation sites (tertiary alicyclic amines) is 1. The SMILES string of the molecule is CCOC(=O)COCCCCN1C(=O)CCCC1C=CC(=O)Cc1cccc(Cl)c1. The number of carbonyl (C=O) groups is 3. The van der Waals surface area contributed by atoms with Crippen molar-refractivity contribution in [3.05, 3.63) is 47.0 Å². The Morgan fingerprint density at radius 1 is 1.30 bits per heavy atom. The highest BCUT2D eigenvalue weighted by molar-refractivity contribution is 6.30. The van der Waals surface area contributed by atoms with Crippen LogP contribution in [0.3, 0.4) is 0 Å². The zero-order valence-corrected chi connectivity index (χ0v) is 18.2. The summed E-state index contributed by atoms with van der Waals surface area (Å²) in [4.78, 5) is 37.7. The molecule has 0 N–H and O–H groups in total. The Morgan fingerprint density at radius 2 is 2.13 bits per heavy atom. The Kier molecular flexibility index (Phi) is 10.6. The first-order chi connectivity index (χ1) is 14.5. The summed E-state index contributed by atoms with van der Waals surface area (Å²) in [5, 5.41) is 0.611. The molecule has 6 nitrogen and oxygen atoms in total. The monoisotopic (exact) mass is 435 g/mol. The molecule has 1 unspecified atom stereocenters. The van der Waals surface area contributed by atoms with E-state index in [2.05, 4.69) is 0 Å². The van der Waals surface area contributed by atoms with Crippen LogP contribution in [0, 0.1) is 0 Å². The summed E-state index contributed by atoms with van der Waals surface area (Å²) in [6.07, 6.45) is 7.46. The average molecular weight is 436 g/mol. The number of benzene rings is 1. The van der Waals surface area contributed by atoms with Crippen LogP contribution in [0.5, 0.6) is 0 Å². The van der Waals surface area contributed by atoms with E-state index in [1.165, 1.54) is 0 Å². The number of ether oxygens (including phenoxy) is 2. The number of halogens is 1. The molecule has 1 amide bonds. The molecular formula is C23H30ClNO5. The maximum Gasteiger partial charge on any atom is 0.332 e. The van der Waals surface area contributed by atoms with E-state index in [4.69, 9.17) is 21.1 Å². The number of nitrogens with zero attached hydrogens (tertiary/aromatic N) is 1. The van der Waals surface area contributed by atoms with Gasteiger partial charge in [0.05, 0.1) is 12.6 Å². The molecule has 1 aromatic rings. The van der Waals surface area contributed by atoms with Gasteiger partial charge in [-0.25, -0.2) is 4.79 Å². The minimum absolute atomic E-state index is 0.0115. The lowest BCUT2D eigenvalue weighted by atomic mass is 9.99. The van der Waals surface area contributed by atoms with E-state index < -0.39 is 0 Å². The summed E-state index contributed by atoms with van der Waals surface area (Å²) in [6, 6.07) is 7.20. The second-order valence-corrected chi connectivity index (χ2v) is 7.68. The first kappa shape index (κ1) is 24.1. The lowest BCUT2D eigenvalue weighted by Crippen LogP contribution is -2.43. The molecule has 1 fully saturated rings. The van der Waals surface area contributed by atoms with Crippen molar-refractivity contribution in [3.63, 3.8) is 0 Å². The standard InChI is InChI=1S/C23H30ClNO5/c1-2-30-23(28)17-29-14-4-3-13-25-20(9-6-10-22(25)27)11-12-21(26)16-18-7-5-8-19(24)15-18/h5,7-8,11-12,15,20H,2-4,6,9-10,13-14,16-17H2,1H3. The van der Waals surface area contributed by atoms with Crippen molar-refractivity contribution in [2.45, 2.75) is 51.5 Å². The van der Waals surface area contributed by atoms with Crippen molar-refractivity contribution in [1.82, 2.24) is 4.90 Å². The minimum atomic E-state index is -0.364. The number of hydrogen-bond acceptors (Lipinski definition) is 5. The van der Waals surface area contributed by atoms with Crippen molar-refractivity contribution >= 4 is 29.3 Å². The van der Waals surface area contributed by atoms with Crippen LogP contribution in [0.4, 0.5) is 0 Å². The molecule has 0 aromatic heterocycles. The normalized spacial score (nSPS) is 16.8. The number of piperidine rings is 1. The molecule has 1 aromatic carbocycles. The Balaban J connectivity index is 1.77. The Morgan fingerprint density at radius 3 is 2.90 bits per heavy atom. The average Bonchev–Trinajstić information content (AvgIpc) is 2.70. The maximum absolute atomic E-state index is 12.4. The largest absolute Gasteiger partial charge is 0.464 e. The van der Waals surface area contributed by atoms with E-state index in [1.54, 1.807) is 25.1 Å². The van der Waals surface area contributed by atoms with E-state index in [9.17, 15) is 14.4 Å². The molecule has 7 heteroatoms. The third kappa shape index (κ3) is 8.67. The predicted molar refractivity (Wildman–Crippen MR) is 115 cm³/mol. The first-order valence-electron chi connectivity index (χ1n) is 10.5. The van der Waals surface area contributed by atoms with Gasteiger partial charge in [-0.2, -0.15) is 0 Å². The smallest absolute Gasteiger partial charge is 0.332 e. The fourth-order valence-corrected chi connectivity index (χ4v) is 3.62. The fraction of sp³-hybridized carbons (Fsp3) is 0.522. The molecule has 0 aliphatic carbocycles. The van der Waals surface area contributed by atoms with Gasteiger partial charge in [-0.1, -0.05) is 29.8 Å². The number of ketones is 1. The van der Waals surface area contributed by atoms with Crippen LogP contribution in [-0.4, -0.2) is 55.0 Å². The van der Waals surface area contributed by atoms with Crippen LogP contribution in [0.25, 0.3) is 0 Å². The zero-order chi connectivity index (χ0) is 21.8. The van der Waals surface area contributed by atoms with Gasteiger partial charge in [0.2, 0.25) is 5.91 Å². The minimum Gasteiger partial charge on any atom is -0.464 e. The van der Waals surface area contributed by atoms with Crippen LogP contribution in [-0.2, 0) is 30.3 Å². The Hall–Kier alpha value is -2.18. The fourth-order valence-electron chi connectivity index (χ4n) is 3.41. The van der Waals surface area contributed by atoms with Gasteiger partial charge in [0, 0.05) is 31.0 Å². The summed E-state index contributed by atoms with van der Waals surface area (Å²) in [7, 11) is 0. The van der Waals surface area contributed by atoms with Gasteiger partial charge in [-0.3, -0.25) is 9.59 Å². The van der Waals surface area contributed by atoms with Crippen LogP contribution in [0.2, 0.25) is 5.02 Å². The maximum atomic E-state index is 12.4. The number of rotatable bonds is 12. The van der Waals surface area contributed by atoms with Gasteiger partial charge < -0.3 is 14.4 Å². The lowest BCUT2D eigenvalue weighted by Gasteiger charge is -2.34. The molecule has 0 spiro atoms. The zero-order valence-electron chi connectivity index (χ0n) is 17.5. The van der Waals surface area contributed by atoms with E-state index in [-0.39, 0.29) is 36.7 Å². The molecule has 1 aliphatic heterocycles. The molecule has 164 valence electrons. The van der Waals surface area contributed by atoms with Gasteiger partial charge in [0.25, 0.3) is 0 Å². The first-order valence-corrected chi connectivity index (χ1v) is 10.9.